The number of fused-ring (bicyclic) bond motifs is 3. The standard InChI is InChI=1S/C33H37NO2S/c1-3-16-33(17-4-2)27-20-23(31(35)29(34)19-22-9-6-5-7-10-22)12-14-25(27)26-15-13-24(21-28(26)33)32(36)30-11-8-18-37-30/h8,11-15,18,20-22,34H,3-7,9-10,16-17,19H2,1-2H3. The first-order valence-corrected chi connectivity index (χ1v) is 14.9. The fourth-order valence-corrected chi connectivity index (χ4v) is 7.48. The molecule has 4 heteroatoms. The Morgan fingerprint density at radius 2 is 1.51 bits per heavy atom. The minimum atomic E-state index is -0.220. The number of nitrogens with one attached hydrogen (secondary N) is 1. The van der Waals surface area contributed by atoms with Crippen molar-refractivity contribution in [2.45, 2.75) is 83.5 Å². The Kier molecular flexibility index (Phi) is 7.57. The van der Waals surface area contributed by atoms with Gasteiger partial charge in [-0.2, -0.15) is 0 Å². The quantitative estimate of drug-likeness (QED) is 0.218. The van der Waals surface area contributed by atoms with Crippen molar-refractivity contribution in [3.8, 4) is 11.1 Å². The third-order valence-electron chi connectivity index (χ3n) is 8.47. The molecule has 0 saturated heterocycles. The largest absolute Gasteiger partial charge is 0.301 e. The lowest BCUT2D eigenvalue weighted by Crippen LogP contribution is -2.26. The van der Waals surface area contributed by atoms with Crippen LogP contribution in [0.3, 0.4) is 0 Å². The van der Waals surface area contributed by atoms with Crippen LogP contribution in [0.2, 0.25) is 0 Å². The molecule has 1 saturated carbocycles. The SMILES string of the molecule is CCCC1(CCC)c2cc(C(=O)C(=N)CC3CCCCC3)ccc2-c2ccc(C(=O)c3cccs3)cc21. The molecule has 0 aliphatic heterocycles. The van der Waals surface area contributed by atoms with Gasteiger partial charge in [0.2, 0.25) is 11.6 Å². The van der Waals surface area contributed by atoms with E-state index >= 15 is 0 Å². The van der Waals surface area contributed by atoms with Crippen molar-refractivity contribution in [3.05, 3.63) is 81.0 Å². The van der Waals surface area contributed by atoms with Crippen molar-refractivity contribution < 1.29 is 9.59 Å². The Labute approximate surface area is 224 Å². The second-order valence-electron chi connectivity index (χ2n) is 10.9. The van der Waals surface area contributed by atoms with Crippen LogP contribution in [0.5, 0.6) is 0 Å². The molecule has 5 rings (SSSR count). The van der Waals surface area contributed by atoms with Crippen LogP contribution in [0.15, 0.2) is 53.9 Å². The van der Waals surface area contributed by atoms with Crippen LogP contribution in [0.4, 0.5) is 0 Å². The molecule has 0 radical (unpaired) electrons. The predicted octanol–water partition coefficient (Wildman–Crippen LogP) is 9.02. The summed E-state index contributed by atoms with van der Waals surface area (Å²) < 4.78 is 0. The first kappa shape index (κ1) is 25.8. The second-order valence-corrected chi connectivity index (χ2v) is 11.9. The van der Waals surface area contributed by atoms with Crippen molar-refractivity contribution in [2.24, 2.45) is 5.92 Å². The van der Waals surface area contributed by atoms with Gasteiger partial charge in [0.1, 0.15) is 0 Å². The summed E-state index contributed by atoms with van der Waals surface area (Å²) in [6.45, 7) is 4.43. The molecule has 2 aromatic carbocycles. The maximum absolute atomic E-state index is 13.4. The molecule has 0 spiro atoms. The predicted molar refractivity (Wildman–Crippen MR) is 153 cm³/mol. The van der Waals surface area contributed by atoms with Gasteiger partial charge in [0.05, 0.1) is 10.6 Å². The number of hydrogen-bond donors (Lipinski definition) is 1. The fraction of sp³-hybridized carbons (Fsp3) is 0.424. The Morgan fingerprint density at radius 3 is 2.11 bits per heavy atom. The lowest BCUT2D eigenvalue weighted by atomic mass is 9.71. The summed E-state index contributed by atoms with van der Waals surface area (Å²) in [7, 11) is 0. The molecule has 192 valence electrons. The van der Waals surface area contributed by atoms with E-state index in [1.165, 1.54) is 52.9 Å². The summed E-state index contributed by atoms with van der Waals surface area (Å²) in [4.78, 5) is 27.4. The van der Waals surface area contributed by atoms with Crippen molar-refractivity contribution in [1.82, 2.24) is 0 Å². The van der Waals surface area contributed by atoms with E-state index in [1.54, 1.807) is 0 Å². The first-order valence-electron chi connectivity index (χ1n) is 14.0. The summed E-state index contributed by atoms with van der Waals surface area (Å²) in [6, 6.07) is 16.1. The topological polar surface area (TPSA) is 58.0 Å². The molecule has 0 bridgehead atoms. The van der Waals surface area contributed by atoms with Crippen molar-refractivity contribution in [2.75, 3.05) is 0 Å². The van der Waals surface area contributed by atoms with Gasteiger partial charge in [-0.15, -0.1) is 11.3 Å². The minimum Gasteiger partial charge on any atom is -0.301 e. The van der Waals surface area contributed by atoms with Crippen molar-refractivity contribution in [3.63, 3.8) is 0 Å². The van der Waals surface area contributed by atoms with Crippen LogP contribution >= 0.6 is 11.3 Å². The maximum atomic E-state index is 13.4. The van der Waals surface area contributed by atoms with Gasteiger partial charge < -0.3 is 5.41 Å². The Balaban J connectivity index is 1.53. The Hall–Kier alpha value is -2.85. The molecule has 1 N–H and O–H groups in total. The number of Topliss-reactive ketones (excluding diaryl/α,β-unsaturated/α-hetero) is 1. The zero-order valence-electron chi connectivity index (χ0n) is 22.1. The highest BCUT2D eigenvalue weighted by molar-refractivity contribution is 7.12. The molecule has 1 fully saturated rings. The number of carbonyl (C=O) groups is 2. The Bertz CT molecular complexity index is 1310. The zero-order valence-corrected chi connectivity index (χ0v) is 22.9. The van der Waals surface area contributed by atoms with Gasteiger partial charge >= 0.3 is 0 Å². The lowest BCUT2D eigenvalue weighted by molar-refractivity contribution is 0.103. The van der Waals surface area contributed by atoms with Gasteiger partial charge in [0.15, 0.2) is 0 Å². The van der Waals surface area contributed by atoms with Crippen LogP contribution in [0, 0.1) is 11.3 Å². The fourth-order valence-electron chi connectivity index (χ4n) is 6.79. The molecule has 0 atom stereocenters. The van der Waals surface area contributed by atoms with E-state index in [0.29, 0.717) is 17.9 Å². The maximum Gasteiger partial charge on any atom is 0.206 e. The van der Waals surface area contributed by atoms with E-state index in [0.717, 1.165) is 49.0 Å². The molecule has 1 heterocycles. The van der Waals surface area contributed by atoms with Crippen LogP contribution in [0.25, 0.3) is 11.1 Å². The summed E-state index contributed by atoms with van der Waals surface area (Å²) >= 11 is 1.48. The third-order valence-corrected chi connectivity index (χ3v) is 9.34. The monoisotopic (exact) mass is 511 g/mol. The van der Waals surface area contributed by atoms with Gasteiger partial charge in [0.25, 0.3) is 0 Å². The van der Waals surface area contributed by atoms with Gasteiger partial charge in [-0.3, -0.25) is 9.59 Å². The average Bonchev–Trinajstić information content (AvgIpc) is 3.55. The van der Waals surface area contributed by atoms with E-state index in [9.17, 15) is 9.59 Å². The summed E-state index contributed by atoms with van der Waals surface area (Å²) in [5.74, 6) is 0.421. The van der Waals surface area contributed by atoms with E-state index in [-0.39, 0.29) is 22.7 Å². The second kappa shape index (κ2) is 10.9. The van der Waals surface area contributed by atoms with E-state index in [4.69, 9.17) is 5.41 Å². The molecule has 3 aromatic rings. The first-order chi connectivity index (χ1) is 18.0. The van der Waals surface area contributed by atoms with Crippen LogP contribution in [-0.4, -0.2) is 17.3 Å². The molecule has 2 aliphatic rings. The van der Waals surface area contributed by atoms with Crippen molar-refractivity contribution >= 4 is 28.6 Å². The molecular formula is C33H37NO2S. The van der Waals surface area contributed by atoms with Crippen LogP contribution < -0.4 is 0 Å². The molecule has 3 nitrogen and oxygen atoms in total. The highest BCUT2D eigenvalue weighted by Gasteiger charge is 2.42. The average molecular weight is 512 g/mol. The number of thiophene rings is 1. The van der Waals surface area contributed by atoms with Crippen LogP contribution in [-0.2, 0) is 5.41 Å². The lowest BCUT2D eigenvalue weighted by Gasteiger charge is -2.32. The van der Waals surface area contributed by atoms with Gasteiger partial charge in [-0.25, -0.2) is 0 Å². The minimum absolute atomic E-state index is 0.0719. The Morgan fingerprint density at radius 1 is 0.892 bits per heavy atom. The number of ketones is 2. The highest BCUT2D eigenvalue weighted by atomic mass is 32.1. The smallest absolute Gasteiger partial charge is 0.206 e. The number of rotatable bonds is 10. The molecular weight excluding hydrogens is 474 g/mol. The van der Waals surface area contributed by atoms with E-state index < -0.39 is 0 Å². The number of benzene rings is 2. The summed E-state index contributed by atoms with van der Waals surface area (Å²) in [6.07, 6.45) is 10.5. The normalized spacial score (nSPS) is 16.3. The molecule has 0 amide bonds. The summed E-state index contributed by atoms with van der Waals surface area (Å²) in [5.41, 5.74) is 6.16. The molecule has 1 aromatic heterocycles. The van der Waals surface area contributed by atoms with Gasteiger partial charge in [-0.1, -0.05) is 89.1 Å². The zero-order chi connectivity index (χ0) is 26.0. The van der Waals surface area contributed by atoms with Gasteiger partial charge in [-0.05, 0) is 71.0 Å². The van der Waals surface area contributed by atoms with Crippen LogP contribution in [0.1, 0.15) is 115 Å². The highest BCUT2D eigenvalue weighted by Crippen LogP contribution is 2.54. The summed E-state index contributed by atoms with van der Waals surface area (Å²) in [5, 5.41) is 10.6. The molecule has 2 aliphatic carbocycles. The molecule has 0 unspecified atom stereocenters. The van der Waals surface area contributed by atoms with Crippen molar-refractivity contribution in [1.29, 1.82) is 5.41 Å². The van der Waals surface area contributed by atoms with E-state index in [2.05, 4.69) is 38.1 Å². The van der Waals surface area contributed by atoms with Gasteiger partial charge in [0, 0.05) is 16.5 Å². The number of carbonyl (C=O) groups excluding carboxylic acids is 2. The molecule has 37 heavy (non-hydrogen) atoms. The van der Waals surface area contributed by atoms with E-state index in [1.807, 2.05) is 29.6 Å². The third kappa shape index (κ3) is 4.77. The number of hydrogen-bond acceptors (Lipinski definition) is 4.